The van der Waals surface area contributed by atoms with Gasteiger partial charge in [-0.3, -0.25) is 4.90 Å². The van der Waals surface area contributed by atoms with E-state index in [1.807, 2.05) is 26.1 Å². The number of rotatable bonds is 5. The summed E-state index contributed by atoms with van der Waals surface area (Å²) >= 11 is 4.17. The van der Waals surface area contributed by atoms with Crippen molar-refractivity contribution in [3.8, 4) is 0 Å². The van der Waals surface area contributed by atoms with Gasteiger partial charge in [-0.25, -0.2) is 4.39 Å². The predicted octanol–water partition coefficient (Wildman–Crippen LogP) is 3.30. The molecular weight excluding hydrogens is 221 g/mol. The Bertz CT molecular complexity index is 365. The Labute approximate surface area is 102 Å². The van der Waals surface area contributed by atoms with Crippen LogP contribution in [0.3, 0.4) is 0 Å². The van der Waals surface area contributed by atoms with Crippen LogP contribution >= 0.6 is 12.6 Å². The van der Waals surface area contributed by atoms with Crippen LogP contribution in [-0.4, -0.2) is 24.2 Å². The summed E-state index contributed by atoms with van der Waals surface area (Å²) in [5, 5.41) is 0. The van der Waals surface area contributed by atoms with Crippen molar-refractivity contribution in [1.82, 2.24) is 4.90 Å². The van der Waals surface area contributed by atoms with Gasteiger partial charge in [0.1, 0.15) is 5.82 Å². The minimum absolute atomic E-state index is 0.0397. The first kappa shape index (κ1) is 13.3. The number of nitrogens with zero attached hydrogens (tertiary/aromatic N) is 1. The van der Waals surface area contributed by atoms with Crippen molar-refractivity contribution in [2.24, 2.45) is 0 Å². The molecule has 16 heavy (non-hydrogen) atoms. The van der Waals surface area contributed by atoms with Gasteiger partial charge in [-0.1, -0.05) is 30.4 Å². The molecule has 1 rings (SSSR count). The van der Waals surface area contributed by atoms with Gasteiger partial charge < -0.3 is 0 Å². The number of benzene rings is 1. The second kappa shape index (κ2) is 6.06. The van der Waals surface area contributed by atoms with Crippen molar-refractivity contribution in [3.63, 3.8) is 0 Å². The van der Waals surface area contributed by atoms with Crippen molar-refractivity contribution in [1.29, 1.82) is 0 Å². The van der Waals surface area contributed by atoms with Crippen molar-refractivity contribution in [2.45, 2.75) is 13.0 Å². The zero-order valence-electron chi connectivity index (χ0n) is 9.78. The third kappa shape index (κ3) is 3.35. The number of hydrogen-bond donors (Lipinski definition) is 1. The highest BCUT2D eigenvalue weighted by Crippen LogP contribution is 2.21. The summed E-state index contributed by atoms with van der Waals surface area (Å²) in [4.78, 5) is 2.07. The van der Waals surface area contributed by atoms with Gasteiger partial charge in [0, 0.05) is 23.9 Å². The summed E-state index contributed by atoms with van der Waals surface area (Å²) < 4.78 is 13.6. The van der Waals surface area contributed by atoms with Crippen molar-refractivity contribution >= 4 is 12.6 Å². The summed E-state index contributed by atoms with van der Waals surface area (Å²) in [7, 11) is 1.96. The minimum Gasteiger partial charge on any atom is -0.296 e. The van der Waals surface area contributed by atoms with Gasteiger partial charge in [0.2, 0.25) is 0 Å². The minimum atomic E-state index is -0.154. The highest BCUT2D eigenvalue weighted by molar-refractivity contribution is 7.80. The Hall–Kier alpha value is -0.800. The lowest BCUT2D eigenvalue weighted by Crippen LogP contribution is -2.25. The maximum Gasteiger partial charge on any atom is 0.127 e. The van der Waals surface area contributed by atoms with E-state index in [-0.39, 0.29) is 11.9 Å². The zero-order valence-corrected chi connectivity index (χ0v) is 10.7. The summed E-state index contributed by atoms with van der Waals surface area (Å²) in [5.41, 5.74) is 1.76. The largest absolute Gasteiger partial charge is 0.296 e. The molecule has 0 saturated carbocycles. The molecule has 0 spiro atoms. The molecule has 1 atom stereocenters. The van der Waals surface area contributed by atoms with Crippen molar-refractivity contribution in [2.75, 3.05) is 19.3 Å². The molecule has 0 aromatic heterocycles. The van der Waals surface area contributed by atoms with Crippen LogP contribution in [0.5, 0.6) is 0 Å². The zero-order chi connectivity index (χ0) is 12.1. The first-order valence-electron chi connectivity index (χ1n) is 5.28. The third-order valence-electron chi connectivity index (χ3n) is 2.71. The SMILES string of the molecule is C=C(CS)CN(C)C(C)c1ccccc1F. The molecule has 0 amide bonds. The smallest absolute Gasteiger partial charge is 0.127 e. The van der Waals surface area contributed by atoms with Crippen LogP contribution in [0.15, 0.2) is 36.4 Å². The van der Waals surface area contributed by atoms with Crippen LogP contribution < -0.4 is 0 Å². The molecule has 88 valence electrons. The van der Waals surface area contributed by atoms with Crippen LogP contribution in [0.4, 0.5) is 4.39 Å². The molecule has 0 aliphatic rings. The van der Waals surface area contributed by atoms with Crippen LogP contribution in [-0.2, 0) is 0 Å². The highest BCUT2D eigenvalue weighted by Gasteiger charge is 2.15. The average molecular weight is 239 g/mol. The lowest BCUT2D eigenvalue weighted by Gasteiger charge is -2.25. The number of likely N-dealkylation sites (N-methyl/N-ethyl adjacent to an activating group) is 1. The molecule has 0 saturated heterocycles. The van der Waals surface area contributed by atoms with Gasteiger partial charge in [-0.15, -0.1) is 0 Å². The molecule has 3 heteroatoms. The quantitative estimate of drug-likeness (QED) is 0.609. The normalized spacial score (nSPS) is 12.8. The van der Waals surface area contributed by atoms with E-state index in [1.165, 1.54) is 6.07 Å². The number of halogens is 1. The molecule has 0 fully saturated rings. The van der Waals surface area contributed by atoms with Crippen LogP contribution in [0.25, 0.3) is 0 Å². The Balaban J connectivity index is 2.74. The molecule has 0 aliphatic carbocycles. The lowest BCUT2D eigenvalue weighted by atomic mass is 10.1. The van der Waals surface area contributed by atoms with E-state index < -0.39 is 0 Å². The number of thiol groups is 1. The number of hydrogen-bond acceptors (Lipinski definition) is 2. The Kier molecular flexibility index (Phi) is 5.03. The van der Waals surface area contributed by atoms with Crippen molar-refractivity contribution < 1.29 is 4.39 Å². The van der Waals surface area contributed by atoms with E-state index >= 15 is 0 Å². The molecule has 1 aromatic rings. The molecular formula is C13H18FNS. The molecule has 0 N–H and O–H groups in total. The molecule has 0 heterocycles. The van der Waals surface area contributed by atoms with Gasteiger partial charge >= 0.3 is 0 Å². The molecule has 0 radical (unpaired) electrons. The first-order valence-corrected chi connectivity index (χ1v) is 5.91. The summed E-state index contributed by atoms with van der Waals surface area (Å²) in [6.07, 6.45) is 0. The molecule has 1 unspecified atom stereocenters. The van der Waals surface area contributed by atoms with Gasteiger partial charge in [-0.2, -0.15) is 12.6 Å². The highest BCUT2D eigenvalue weighted by atomic mass is 32.1. The van der Waals surface area contributed by atoms with Gasteiger partial charge in [0.15, 0.2) is 0 Å². The second-order valence-electron chi connectivity index (χ2n) is 4.02. The fourth-order valence-corrected chi connectivity index (χ4v) is 1.69. The van der Waals surface area contributed by atoms with Crippen LogP contribution in [0, 0.1) is 5.82 Å². The van der Waals surface area contributed by atoms with E-state index in [2.05, 4.69) is 24.1 Å². The second-order valence-corrected chi connectivity index (χ2v) is 4.34. The molecule has 1 nitrogen and oxygen atoms in total. The Morgan fingerprint density at radius 1 is 1.50 bits per heavy atom. The Morgan fingerprint density at radius 3 is 2.69 bits per heavy atom. The van der Waals surface area contributed by atoms with E-state index in [0.29, 0.717) is 5.75 Å². The van der Waals surface area contributed by atoms with E-state index in [9.17, 15) is 4.39 Å². The van der Waals surface area contributed by atoms with E-state index in [1.54, 1.807) is 6.07 Å². The fourth-order valence-electron chi connectivity index (χ4n) is 1.59. The van der Waals surface area contributed by atoms with Gasteiger partial charge in [0.05, 0.1) is 0 Å². The standard InChI is InChI=1S/C13H18FNS/c1-10(9-16)8-15(3)11(2)12-6-4-5-7-13(12)14/h4-7,11,16H,1,8-9H2,2-3H3. The van der Waals surface area contributed by atoms with Crippen LogP contribution in [0.2, 0.25) is 0 Å². The Morgan fingerprint density at radius 2 is 2.12 bits per heavy atom. The van der Waals surface area contributed by atoms with Gasteiger partial charge in [0.25, 0.3) is 0 Å². The lowest BCUT2D eigenvalue weighted by molar-refractivity contribution is 0.278. The third-order valence-corrected chi connectivity index (χ3v) is 3.16. The summed E-state index contributed by atoms with van der Waals surface area (Å²) in [6.45, 7) is 6.63. The van der Waals surface area contributed by atoms with E-state index in [4.69, 9.17) is 0 Å². The summed E-state index contributed by atoms with van der Waals surface area (Å²) in [6, 6.07) is 6.92. The topological polar surface area (TPSA) is 3.24 Å². The average Bonchev–Trinajstić information content (AvgIpc) is 2.28. The monoisotopic (exact) mass is 239 g/mol. The molecule has 0 bridgehead atoms. The molecule has 1 aromatic carbocycles. The van der Waals surface area contributed by atoms with E-state index in [0.717, 1.165) is 17.7 Å². The van der Waals surface area contributed by atoms with Gasteiger partial charge in [-0.05, 0) is 20.0 Å². The maximum atomic E-state index is 13.6. The first-order chi connectivity index (χ1) is 7.56. The molecule has 0 aliphatic heterocycles. The van der Waals surface area contributed by atoms with Crippen molar-refractivity contribution in [3.05, 3.63) is 47.8 Å². The predicted molar refractivity (Wildman–Crippen MR) is 70.4 cm³/mol. The van der Waals surface area contributed by atoms with Crippen LogP contribution in [0.1, 0.15) is 18.5 Å². The maximum absolute atomic E-state index is 13.6. The fraction of sp³-hybridized carbons (Fsp3) is 0.385. The summed E-state index contributed by atoms with van der Waals surface area (Å²) in [5.74, 6) is 0.507.